The van der Waals surface area contributed by atoms with Gasteiger partial charge < -0.3 is 5.11 Å². The summed E-state index contributed by atoms with van der Waals surface area (Å²) in [6.45, 7) is 3.84. The molecule has 1 aliphatic rings. The molecule has 2 nitrogen and oxygen atoms in total. The van der Waals surface area contributed by atoms with Gasteiger partial charge in [-0.25, -0.2) is 4.39 Å². The molecular weight excluding hydrogens is 559 g/mol. The highest BCUT2D eigenvalue weighted by molar-refractivity contribution is 5.74. The lowest BCUT2D eigenvalue weighted by Crippen LogP contribution is -2.23. The molecule has 2 atom stereocenters. The van der Waals surface area contributed by atoms with Crippen molar-refractivity contribution in [3.63, 3.8) is 0 Å². The first-order valence-electron chi connectivity index (χ1n) is 13.5. The Kier molecular flexibility index (Phi) is 7.91. The summed E-state index contributed by atoms with van der Waals surface area (Å²) in [5, 5.41) is 11.5. The summed E-state index contributed by atoms with van der Waals surface area (Å²) < 4.78 is 93.7. The molecular formula is C33H28F7NO. The van der Waals surface area contributed by atoms with Gasteiger partial charge in [-0.1, -0.05) is 56.3 Å². The van der Waals surface area contributed by atoms with Crippen LogP contribution in [0.15, 0.2) is 72.8 Å². The Labute approximate surface area is 238 Å². The molecule has 0 amide bonds. The third kappa shape index (κ3) is 6.07. The zero-order valence-electron chi connectivity index (χ0n) is 22.8. The number of pyridine rings is 1. The Morgan fingerprint density at radius 3 is 2.10 bits per heavy atom. The van der Waals surface area contributed by atoms with Crippen molar-refractivity contribution in [2.24, 2.45) is 0 Å². The van der Waals surface area contributed by atoms with Gasteiger partial charge in [-0.3, -0.25) is 4.98 Å². The van der Waals surface area contributed by atoms with Gasteiger partial charge in [0.2, 0.25) is 0 Å². The third-order valence-electron chi connectivity index (χ3n) is 7.75. The molecule has 0 fully saturated rings. The maximum absolute atomic E-state index is 13.9. The van der Waals surface area contributed by atoms with Gasteiger partial charge >= 0.3 is 12.4 Å². The number of alkyl halides is 6. The number of rotatable bonds is 5. The van der Waals surface area contributed by atoms with E-state index in [2.05, 4.69) is 0 Å². The number of hydrogen-bond acceptors (Lipinski definition) is 2. The second-order valence-corrected chi connectivity index (χ2v) is 11.0. The predicted octanol–water partition coefficient (Wildman–Crippen LogP) is 9.40. The van der Waals surface area contributed by atoms with Crippen LogP contribution in [-0.4, -0.2) is 10.1 Å². The number of aliphatic hydroxyl groups excluding tert-OH is 1. The van der Waals surface area contributed by atoms with Crippen molar-refractivity contribution in [1.29, 1.82) is 0 Å². The molecule has 1 heterocycles. The number of aliphatic hydroxyl groups is 1. The van der Waals surface area contributed by atoms with E-state index >= 15 is 0 Å². The average molecular weight is 588 g/mol. The topological polar surface area (TPSA) is 33.1 Å². The highest BCUT2D eigenvalue weighted by Crippen LogP contribution is 2.46. The Hall–Kier alpha value is -3.72. The minimum absolute atomic E-state index is 0.134. The van der Waals surface area contributed by atoms with E-state index in [1.807, 2.05) is 13.8 Å². The Balaban J connectivity index is 1.66. The van der Waals surface area contributed by atoms with E-state index in [0.717, 1.165) is 24.3 Å². The van der Waals surface area contributed by atoms with Crippen LogP contribution >= 0.6 is 0 Å². The second-order valence-electron chi connectivity index (χ2n) is 11.0. The normalized spacial score (nSPS) is 17.4. The number of aromatic nitrogens is 1. The number of fused-ring (bicyclic) bond motifs is 1. The Morgan fingerprint density at radius 1 is 0.857 bits per heavy atom. The number of halogens is 7. The molecule has 0 saturated carbocycles. The van der Waals surface area contributed by atoms with Gasteiger partial charge in [-0.15, -0.1) is 0 Å². The Bertz CT molecular complexity index is 1570. The number of benzene rings is 3. The molecule has 1 aliphatic carbocycles. The van der Waals surface area contributed by atoms with E-state index in [0.29, 0.717) is 44.8 Å². The van der Waals surface area contributed by atoms with Gasteiger partial charge in [0.05, 0.1) is 17.2 Å². The number of hydrogen-bond donors (Lipinski definition) is 1. The third-order valence-corrected chi connectivity index (χ3v) is 7.75. The summed E-state index contributed by atoms with van der Waals surface area (Å²) in [6, 6.07) is 15.7. The van der Waals surface area contributed by atoms with Crippen LogP contribution in [0.5, 0.6) is 0 Å². The summed E-state index contributed by atoms with van der Waals surface area (Å²) in [5.74, 6) is -1.02. The summed E-state index contributed by atoms with van der Waals surface area (Å²) in [5.41, 5.74) is 3.14. The fraction of sp³-hybridized carbons (Fsp3) is 0.303. The lowest BCUT2D eigenvalue weighted by molar-refractivity contribution is -0.138. The van der Waals surface area contributed by atoms with Crippen molar-refractivity contribution in [1.82, 2.24) is 4.98 Å². The van der Waals surface area contributed by atoms with Crippen molar-refractivity contribution < 1.29 is 35.8 Å². The Morgan fingerprint density at radius 2 is 1.50 bits per heavy atom. The van der Waals surface area contributed by atoms with Gasteiger partial charge in [0, 0.05) is 17.0 Å². The smallest absolute Gasteiger partial charge is 0.388 e. The van der Waals surface area contributed by atoms with Crippen molar-refractivity contribution in [3.8, 4) is 11.1 Å². The minimum Gasteiger partial charge on any atom is -0.388 e. The first-order valence-corrected chi connectivity index (χ1v) is 13.5. The van der Waals surface area contributed by atoms with Gasteiger partial charge in [-0.05, 0) is 89.2 Å². The van der Waals surface area contributed by atoms with Crippen LogP contribution in [0.2, 0.25) is 0 Å². The molecule has 9 heteroatoms. The zero-order valence-corrected chi connectivity index (χ0v) is 22.8. The lowest BCUT2D eigenvalue weighted by atomic mass is 9.75. The number of nitrogens with zero attached hydrogens (tertiary/aromatic N) is 1. The molecule has 0 radical (unpaired) electrons. The molecule has 0 bridgehead atoms. The van der Waals surface area contributed by atoms with E-state index in [9.17, 15) is 35.8 Å². The van der Waals surface area contributed by atoms with Gasteiger partial charge in [0.15, 0.2) is 0 Å². The van der Waals surface area contributed by atoms with Crippen LogP contribution in [0.4, 0.5) is 30.7 Å². The van der Waals surface area contributed by atoms with E-state index < -0.39 is 41.3 Å². The van der Waals surface area contributed by atoms with Crippen molar-refractivity contribution in [2.75, 3.05) is 0 Å². The van der Waals surface area contributed by atoms with Gasteiger partial charge in [-0.2, -0.15) is 26.3 Å². The van der Waals surface area contributed by atoms with Crippen molar-refractivity contribution >= 4 is 0 Å². The molecule has 220 valence electrons. The summed E-state index contributed by atoms with van der Waals surface area (Å²) in [6.07, 6.45) is -9.44. The molecule has 5 rings (SSSR count). The molecule has 0 aliphatic heterocycles. The largest absolute Gasteiger partial charge is 0.416 e. The van der Waals surface area contributed by atoms with Crippen LogP contribution in [0, 0.1) is 5.82 Å². The quantitative estimate of drug-likeness (QED) is 0.236. The van der Waals surface area contributed by atoms with Crippen LogP contribution in [0.3, 0.4) is 0 Å². The summed E-state index contributed by atoms with van der Waals surface area (Å²) in [4.78, 5) is 4.93. The molecule has 3 aromatic carbocycles. The predicted molar refractivity (Wildman–Crippen MR) is 145 cm³/mol. The van der Waals surface area contributed by atoms with Crippen LogP contribution in [0.1, 0.15) is 83.0 Å². The van der Waals surface area contributed by atoms with E-state index in [-0.39, 0.29) is 25.2 Å². The SMILES string of the molecule is CC(C)c1nc2c(c(-c3ccc(F)cc3)c1Cc1ccc(C(F)(F)F)cc1)C(O)CC(c1cccc(C(F)(F)F)c1)C2. The fourth-order valence-electron chi connectivity index (χ4n) is 5.77. The standard InChI is InChI=1S/C33H28F7NO/c1-18(2)31-26(14-19-6-10-23(11-7-19)32(35,36)37)29(20-8-12-25(34)13-9-20)30-27(41-31)16-22(17-28(30)42)21-4-3-5-24(15-21)33(38,39)40/h3-13,15,18,22,28,42H,14,16-17H2,1-2H3. The lowest BCUT2D eigenvalue weighted by Gasteiger charge is -2.33. The molecule has 1 N–H and O–H groups in total. The average Bonchev–Trinajstić information content (AvgIpc) is 2.92. The maximum atomic E-state index is 13.9. The van der Waals surface area contributed by atoms with Crippen molar-refractivity contribution in [3.05, 3.63) is 123 Å². The maximum Gasteiger partial charge on any atom is 0.416 e. The second kappa shape index (κ2) is 11.2. The molecule has 2 unspecified atom stereocenters. The van der Waals surface area contributed by atoms with E-state index in [1.165, 1.54) is 30.3 Å². The molecule has 4 aromatic rings. The molecule has 0 saturated heterocycles. The molecule has 0 spiro atoms. The summed E-state index contributed by atoms with van der Waals surface area (Å²) >= 11 is 0. The minimum atomic E-state index is -4.51. The fourth-order valence-corrected chi connectivity index (χ4v) is 5.77. The first kappa shape index (κ1) is 29.8. The molecule has 42 heavy (non-hydrogen) atoms. The van der Waals surface area contributed by atoms with E-state index in [1.54, 1.807) is 18.2 Å². The molecule has 1 aromatic heterocycles. The van der Waals surface area contributed by atoms with Crippen LogP contribution in [-0.2, 0) is 25.2 Å². The van der Waals surface area contributed by atoms with Crippen molar-refractivity contribution in [2.45, 2.75) is 63.4 Å². The highest BCUT2D eigenvalue weighted by atomic mass is 19.4. The van der Waals surface area contributed by atoms with E-state index in [4.69, 9.17) is 4.98 Å². The van der Waals surface area contributed by atoms with Crippen LogP contribution < -0.4 is 0 Å². The van der Waals surface area contributed by atoms with Crippen LogP contribution in [0.25, 0.3) is 11.1 Å². The zero-order chi connectivity index (χ0) is 30.4. The van der Waals surface area contributed by atoms with Gasteiger partial charge in [0.1, 0.15) is 5.82 Å². The first-order chi connectivity index (χ1) is 19.7. The summed E-state index contributed by atoms with van der Waals surface area (Å²) in [7, 11) is 0. The van der Waals surface area contributed by atoms with Gasteiger partial charge in [0.25, 0.3) is 0 Å². The monoisotopic (exact) mass is 587 g/mol. The highest BCUT2D eigenvalue weighted by Gasteiger charge is 2.36.